The molecule has 25 heavy (non-hydrogen) atoms. The van der Waals surface area contributed by atoms with E-state index < -0.39 is 0 Å². The zero-order chi connectivity index (χ0) is 18.6. The summed E-state index contributed by atoms with van der Waals surface area (Å²) in [5.41, 5.74) is 2.36. The van der Waals surface area contributed by atoms with E-state index in [0.717, 1.165) is 30.0 Å². The van der Waals surface area contributed by atoms with Gasteiger partial charge in [-0.05, 0) is 51.5 Å². The number of hydrogen-bond donors (Lipinski definition) is 2. The fourth-order valence-corrected chi connectivity index (χ4v) is 3.35. The monoisotopic (exact) mass is 347 g/mol. The maximum Gasteiger partial charge on any atom is 0.253 e. The Kier molecular flexibility index (Phi) is 6.06. The van der Waals surface area contributed by atoms with Gasteiger partial charge in [-0.2, -0.15) is 0 Å². The minimum absolute atomic E-state index is 0.0564. The summed E-state index contributed by atoms with van der Waals surface area (Å²) < 4.78 is 7.07. The molecule has 0 bridgehead atoms. The smallest absolute Gasteiger partial charge is 0.253 e. The largest absolute Gasteiger partial charge is 0.396 e. The molecule has 0 aliphatic carbocycles. The van der Waals surface area contributed by atoms with E-state index >= 15 is 0 Å². The fraction of sp³-hybridized carbons (Fsp3) is 0.579. The van der Waals surface area contributed by atoms with Crippen molar-refractivity contribution in [2.24, 2.45) is 5.41 Å². The van der Waals surface area contributed by atoms with Gasteiger partial charge in [0.05, 0.1) is 5.56 Å². The van der Waals surface area contributed by atoms with E-state index in [1.54, 1.807) is 0 Å². The molecule has 0 unspecified atom stereocenters. The summed E-state index contributed by atoms with van der Waals surface area (Å²) in [7, 11) is 0. The van der Waals surface area contributed by atoms with Crippen LogP contribution < -0.4 is 5.32 Å². The lowest BCUT2D eigenvalue weighted by Gasteiger charge is -2.31. The quantitative estimate of drug-likeness (QED) is 0.768. The number of nitrogens with zero attached hydrogens (tertiary/aromatic N) is 2. The van der Waals surface area contributed by atoms with Gasteiger partial charge in [0.1, 0.15) is 5.76 Å². The Morgan fingerprint density at radius 2 is 1.96 bits per heavy atom. The summed E-state index contributed by atoms with van der Waals surface area (Å²) in [5, 5.41) is 16.4. The number of carbonyl (C=O) groups excluding carboxylic acids is 1. The summed E-state index contributed by atoms with van der Waals surface area (Å²) in [6.45, 7) is 10.6. The Bertz CT molecular complexity index is 726. The number of aliphatic hydroxyl groups excluding tert-OH is 1. The van der Waals surface area contributed by atoms with Crippen LogP contribution in [-0.4, -0.2) is 33.9 Å². The van der Waals surface area contributed by atoms with Crippen molar-refractivity contribution in [1.29, 1.82) is 0 Å². The summed E-state index contributed by atoms with van der Waals surface area (Å²) in [6, 6.07) is 3.72. The molecule has 138 valence electrons. The highest BCUT2D eigenvalue weighted by Gasteiger charge is 2.27. The summed E-state index contributed by atoms with van der Waals surface area (Å²) >= 11 is 0. The zero-order valence-electron chi connectivity index (χ0n) is 15.8. The average molecular weight is 347 g/mol. The first-order valence-corrected chi connectivity index (χ1v) is 8.89. The molecule has 0 saturated carbocycles. The predicted octanol–water partition coefficient (Wildman–Crippen LogP) is 3.31. The Morgan fingerprint density at radius 1 is 1.28 bits per heavy atom. The number of aromatic nitrogens is 2. The molecule has 2 aromatic rings. The number of nitrogens with one attached hydrogen (secondary N) is 1. The number of aliphatic hydroxyl groups is 1. The molecule has 0 radical (unpaired) electrons. The molecule has 0 aromatic carbocycles. The van der Waals surface area contributed by atoms with Crippen LogP contribution >= 0.6 is 0 Å². The second-order valence-corrected chi connectivity index (χ2v) is 6.78. The molecule has 0 spiro atoms. The van der Waals surface area contributed by atoms with Crippen LogP contribution in [0.1, 0.15) is 60.6 Å². The van der Waals surface area contributed by atoms with Crippen LogP contribution in [0.25, 0.3) is 5.82 Å². The second-order valence-electron chi connectivity index (χ2n) is 6.78. The molecule has 0 atom stereocenters. The molecular weight excluding hydrogens is 318 g/mol. The number of amides is 1. The first-order chi connectivity index (χ1) is 11.9. The van der Waals surface area contributed by atoms with Gasteiger partial charge in [0.2, 0.25) is 0 Å². The molecule has 2 N–H and O–H groups in total. The van der Waals surface area contributed by atoms with E-state index in [2.05, 4.69) is 24.3 Å². The highest BCUT2D eigenvalue weighted by Crippen LogP contribution is 2.29. The van der Waals surface area contributed by atoms with Gasteiger partial charge in [-0.1, -0.05) is 19.0 Å². The molecule has 6 heteroatoms. The minimum atomic E-state index is -0.0937. The normalized spacial score (nSPS) is 11.8. The van der Waals surface area contributed by atoms with Gasteiger partial charge in [0.15, 0.2) is 5.82 Å². The Balaban J connectivity index is 2.20. The predicted molar refractivity (Wildman–Crippen MR) is 97.1 cm³/mol. The van der Waals surface area contributed by atoms with Crippen molar-refractivity contribution in [3.8, 4) is 5.82 Å². The fourth-order valence-electron chi connectivity index (χ4n) is 3.35. The lowest BCUT2D eigenvalue weighted by molar-refractivity contribution is 0.0906. The average Bonchev–Trinajstić information content (AvgIpc) is 3.14. The van der Waals surface area contributed by atoms with Crippen molar-refractivity contribution in [3.05, 3.63) is 34.8 Å². The van der Waals surface area contributed by atoms with Crippen LogP contribution in [0.5, 0.6) is 0 Å². The van der Waals surface area contributed by atoms with Crippen LogP contribution in [-0.2, 0) is 0 Å². The summed E-state index contributed by atoms with van der Waals surface area (Å²) in [5.74, 6) is 1.32. The minimum Gasteiger partial charge on any atom is -0.396 e. The molecule has 0 aliphatic heterocycles. The molecule has 2 rings (SSSR count). The SMILES string of the molecule is CCC(CC)(CCO)CNC(=O)c1cc(C)n(-c2cc(C)on2)c1C. The van der Waals surface area contributed by atoms with Crippen molar-refractivity contribution >= 4 is 5.91 Å². The van der Waals surface area contributed by atoms with Crippen LogP contribution in [0.4, 0.5) is 0 Å². The third-order valence-electron chi connectivity index (χ3n) is 5.29. The zero-order valence-corrected chi connectivity index (χ0v) is 15.8. The van der Waals surface area contributed by atoms with E-state index in [9.17, 15) is 9.90 Å². The Hall–Kier alpha value is -2.08. The molecule has 6 nitrogen and oxygen atoms in total. The molecule has 1 amide bonds. The third-order valence-corrected chi connectivity index (χ3v) is 5.29. The van der Waals surface area contributed by atoms with Crippen LogP contribution in [0.3, 0.4) is 0 Å². The van der Waals surface area contributed by atoms with E-state index in [-0.39, 0.29) is 17.9 Å². The Morgan fingerprint density at radius 3 is 2.48 bits per heavy atom. The number of rotatable bonds is 8. The first-order valence-electron chi connectivity index (χ1n) is 8.89. The topological polar surface area (TPSA) is 80.3 Å². The van der Waals surface area contributed by atoms with Crippen LogP contribution in [0, 0.1) is 26.2 Å². The van der Waals surface area contributed by atoms with Crippen molar-refractivity contribution in [1.82, 2.24) is 15.0 Å². The van der Waals surface area contributed by atoms with Gasteiger partial charge in [0, 0.05) is 30.6 Å². The summed E-state index contributed by atoms with van der Waals surface area (Å²) in [4.78, 5) is 12.7. The van der Waals surface area contributed by atoms with E-state index in [4.69, 9.17) is 4.52 Å². The number of carbonyl (C=O) groups is 1. The number of aryl methyl sites for hydroxylation is 2. The Labute approximate surface area is 149 Å². The van der Waals surface area contributed by atoms with Crippen molar-refractivity contribution in [2.45, 2.75) is 53.9 Å². The van der Waals surface area contributed by atoms with Crippen molar-refractivity contribution in [3.63, 3.8) is 0 Å². The molecule has 0 saturated heterocycles. The van der Waals surface area contributed by atoms with E-state index in [0.29, 0.717) is 24.3 Å². The molecule has 2 aromatic heterocycles. The van der Waals surface area contributed by atoms with Gasteiger partial charge in [0.25, 0.3) is 5.91 Å². The third kappa shape index (κ3) is 3.95. The van der Waals surface area contributed by atoms with Gasteiger partial charge < -0.3 is 14.9 Å². The number of hydrogen-bond acceptors (Lipinski definition) is 4. The summed E-state index contributed by atoms with van der Waals surface area (Å²) in [6.07, 6.45) is 2.53. The molecule has 0 fully saturated rings. The van der Waals surface area contributed by atoms with Crippen LogP contribution in [0.15, 0.2) is 16.7 Å². The molecular formula is C19H29N3O3. The van der Waals surface area contributed by atoms with Crippen molar-refractivity contribution in [2.75, 3.05) is 13.2 Å². The van der Waals surface area contributed by atoms with Crippen LogP contribution in [0.2, 0.25) is 0 Å². The van der Waals surface area contributed by atoms with E-state index in [1.165, 1.54) is 0 Å². The lowest BCUT2D eigenvalue weighted by Crippen LogP contribution is -2.37. The van der Waals surface area contributed by atoms with Gasteiger partial charge in [-0.3, -0.25) is 9.36 Å². The van der Waals surface area contributed by atoms with Crippen molar-refractivity contribution < 1.29 is 14.4 Å². The van der Waals surface area contributed by atoms with Gasteiger partial charge in [-0.25, -0.2) is 0 Å². The maximum atomic E-state index is 12.7. The molecule has 2 heterocycles. The second kappa shape index (κ2) is 7.87. The maximum absolute atomic E-state index is 12.7. The first kappa shape index (κ1) is 19.2. The standard InChI is InChI=1S/C19H29N3O3/c1-6-19(7-2,8-9-23)12-20-18(24)16-10-13(3)22(15(16)5)17-11-14(4)25-21-17/h10-11,23H,6-9,12H2,1-5H3,(H,20,24). The lowest BCUT2D eigenvalue weighted by atomic mass is 9.79. The van der Waals surface area contributed by atoms with Gasteiger partial charge in [-0.15, -0.1) is 0 Å². The highest BCUT2D eigenvalue weighted by atomic mass is 16.5. The highest BCUT2D eigenvalue weighted by molar-refractivity contribution is 5.95. The molecule has 0 aliphatic rings. The van der Waals surface area contributed by atoms with Gasteiger partial charge >= 0.3 is 0 Å². The van der Waals surface area contributed by atoms with E-state index in [1.807, 2.05) is 37.5 Å².